The molecule has 2 aromatic carbocycles. The standard InChI is InChI=1S/C30H34FNO5/c1-19-24-9-11-26(36-18-21-6-5-8-23(31)16-21)20(2)28(24)37-29(34)25(19)10-12-27(33)32-15-14-30(35)13-4-3-7-22(30)17-32/h5-6,8-9,11,16,22,35H,3-4,7,10,12-15,17-18H2,1-2H3. The van der Waals surface area contributed by atoms with Crippen molar-refractivity contribution in [2.45, 2.75) is 71.0 Å². The second-order valence-corrected chi connectivity index (χ2v) is 10.6. The van der Waals surface area contributed by atoms with Crippen LogP contribution >= 0.6 is 0 Å². The number of fused-ring (bicyclic) bond motifs is 2. The third-order valence-corrected chi connectivity index (χ3v) is 8.31. The zero-order chi connectivity index (χ0) is 26.2. The minimum absolute atomic E-state index is 0.0174. The van der Waals surface area contributed by atoms with Gasteiger partial charge in [0.05, 0.1) is 5.60 Å². The first-order valence-electron chi connectivity index (χ1n) is 13.2. The molecular weight excluding hydrogens is 473 g/mol. The van der Waals surface area contributed by atoms with Gasteiger partial charge in [0, 0.05) is 41.9 Å². The molecule has 6 nitrogen and oxygen atoms in total. The molecule has 196 valence electrons. The van der Waals surface area contributed by atoms with E-state index < -0.39 is 11.2 Å². The lowest BCUT2D eigenvalue weighted by Crippen LogP contribution is -2.54. The molecule has 1 amide bonds. The summed E-state index contributed by atoms with van der Waals surface area (Å²) in [5, 5.41) is 11.7. The van der Waals surface area contributed by atoms with Gasteiger partial charge in [0.1, 0.15) is 23.8 Å². The van der Waals surface area contributed by atoms with Crippen molar-refractivity contribution in [3.8, 4) is 5.75 Å². The zero-order valence-corrected chi connectivity index (χ0v) is 21.5. The molecule has 1 aliphatic heterocycles. The third-order valence-electron chi connectivity index (χ3n) is 8.31. The van der Waals surface area contributed by atoms with Crippen molar-refractivity contribution in [2.75, 3.05) is 13.1 Å². The Labute approximate surface area is 216 Å². The molecule has 2 atom stereocenters. The van der Waals surface area contributed by atoms with Crippen molar-refractivity contribution in [3.63, 3.8) is 0 Å². The summed E-state index contributed by atoms with van der Waals surface area (Å²) in [6.07, 6.45) is 5.11. The maximum Gasteiger partial charge on any atom is 0.339 e. The fourth-order valence-electron chi connectivity index (χ4n) is 5.99. The number of aryl methyl sites for hydroxylation is 2. The first-order chi connectivity index (χ1) is 17.7. The molecule has 2 heterocycles. The van der Waals surface area contributed by atoms with Gasteiger partial charge >= 0.3 is 5.63 Å². The number of rotatable bonds is 6. The SMILES string of the molecule is Cc1c(CCC(=O)N2CCC3(O)CCCCC3C2)c(=O)oc2c(C)c(OCc3cccc(F)c3)ccc12. The first kappa shape index (κ1) is 25.5. The molecule has 1 aliphatic carbocycles. The van der Waals surface area contributed by atoms with Crippen molar-refractivity contribution in [3.05, 3.63) is 74.9 Å². The highest BCUT2D eigenvalue weighted by Gasteiger charge is 2.43. The number of amides is 1. The van der Waals surface area contributed by atoms with Gasteiger partial charge < -0.3 is 19.2 Å². The second kappa shape index (κ2) is 10.3. The number of piperidine rings is 1. The number of nitrogens with zero attached hydrogens (tertiary/aromatic N) is 1. The Hall–Kier alpha value is -3.19. The second-order valence-electron chi connectivity index (χ2n) is 10.6. The first-order valence-corrected chi connectivity index (χ1v) is 13.2. The summed E-state index contributed by atoms with van der Waals surface area (Å²) in [4.78, 5) is 27.8. The molecule has 37 heavy (non-hydrogen) atoms. The van der Waals surface area contributed by atoms with Crippen LogP contribution in [0.3, 0.4) is 0 Å². The number of aliphatic hydroxyl groups is 1. The Morgan fingerprint density at radius 3 is 2.84 bits per heavy atom. The van der Waals surface area contributed by atoms with Crippen molar-refractivity contribution in [1.29, 1.82) is 0 Å². The molecular formula is C30H34FNO5. The van der Waals surface area contributed by atoms with Gasteiger partial charge in [-0.25, -0.2) is 9.18 Å². The van der Waals surface area contributed by atoms with Gasteiger partial charge in [-0.15, -0.1) is 0 Å². The number of likely N-dealkylation sites (tertiary alicyclic amines) is 1. The van der Waals surface area contributed by atoms with Crippen LogP contribution in [0.1, 0.15) is 60.8 Å². The van der Waals surface area contributed by atoms with Gasteiger partial charge in [0.2, 0.25) is 5.91 Å². The fraction of sp³-hybridized carbons (Fsp3) is 0.467. The maximum absolute atomic E-state index is 13.5. The quantitative estimate of drug-likeness (QED) is 0.463. The Kier molecular flexibility index (Phi) is 7.08. The van der Waals surface area contributed by atoms with Crippen molar-refractivity contribution < 1.29 is 23.4 Å². The van der Waals surface area contributed by atoms with Crippen LogP contribution in [0.25, 0.3) is 11.0 Å². The van der Waals surface area contributed by atoms with Gasteiger partial charge in [-0.3, -0.25) is 4.79 Å². The lowest BCUT2D eigenvalue weighted by atomic mass is 9.71. The summed E-state index contributed by atoms with van der Waals surface area (Å²) in [6.45, 7) is 5.07. The molecule has 0 spiro atoms. The van der Waals surface area contributed by atoms with E-state index in [0.717, 1.165) is 36.6 Å². The Morgan fingerprint density at radius 1 is 1.19 bits per heavy atom. The van der Waals surface area contributed by atoms with Gasteiger partial charge in [-0.1, -0.05) is 25.0 Å². The third kappa shape index (κ3) is 5.14. The van der Waals surface area contributed by atoms with Crippen LogP contribution in [0.4, 0.5) is 4.39 Å². The fourth-order valence-corrected chi connectivity index (χ4v) is 5.99. The Bertz CT molecular complexity index is 1380. The smallest absolute Gasteiger partial charge is 0.339 e. The largest absolute Gasteiger partial charge is 0.488 e. The predicted molar refractivity (Wildman–Crippen MR) is 139 cm³/mol. The predicted octanol–water partition coefficient (Wildman–Crippen LogP) is 5.21. The zero-order valence-electron chi connectivity index (χ0n) is 21.5. The van der Waals surface area contributed by atoms with E-state index in [9.17, 15) is 19.1 Å². The molecule has 0 radical (unpaired) electrons. The number of carbonyl (C=O) groups excluding carboxylic acids is 1. The lowest BCUT2D eigenvalue weighted by molar-refractivity contribution is -0.143. The van der Waals surface area contributed by atoms with E-state index in [4.69, 9.17) is 9.15 Å². The molecule has 2 aliphatic rings. The summed E-state index contributed by atoms with van der Waals surface area (Å²) in [6, 6.07) is 9.93. The molecule has 5 rings (SSSR count). The van der Waals surface area contributed by atoms with E-state index in [2.05, 4.69) is 0 Å². The number of carbonyl (C=O) groups is 1. The minimum atomic E-state index is -0.622. The average Bonchev–Trinajstić information content (AvgIpc) is 2.88. The summed E-state index contributed by atoms with van der Waals surface area (Å²) in [7, 11) is 0. The molecule has 1 aromatic heterocycles. The summed E-state index contributed by atoms with van der Waals surface area (Å²) < 4.78 is 25.1. The molecule has 1 saturated heterocycles. The van der Waals surface area contributed by atoms with Gasteiger partial charge in [0.15, 0.2) is 0 Å². The van der Waals surface area contributed by atoms with Crippen LogP contribution in [0.5, 0.6) is 5.75 Å². The highest BCUT2D eigenvalue weighted by atomic mass is 19.1. The molecule has 1 N–H and O–H groups in total. The van der Waals surface area contributed by atoms with Crippen LogP contribution in [0.2, 0.25) is 0 Å². The molecule has 1 saturated carbocycles. The van der Waals surface area contributed by atoms with E-state index in [0.29, 0.717) is 54.0 Å². The summed E-state index contributed by atoms with van der Waals surface area (Å²) in [5.41, 5.74) is 2.12. The van der Waals surface area contributed by atoms with Crippen LogP contribution in [-0.4, -0.2) is 34.6 Å². The summed E-state index contributed by atoms with van der Waals surface area (Å²) in [5.74, 6) is 0.408. The van der Waals surface area contributed by atoms with Crippen molar-refractivity contribution in [2.24, 2.45) is 5.92 Å². The number of hydrogen-bond acceptors (Lipinski definition) is 5. The van der Waals surface area contributed by atoms with E-state index >= 15 is 0 Å². The lowest BCUT2D eigenvalue weighted by Gasteiger charge is -2.47. The topological polar surface area (TPSA) is 80.0 Å². The number of ether oxygens (including phenoxy) is 1. The monoisotopic (exact) mass is 507 g/mol. The van der Waals surface area contributed by atoms with E-state index in [1.807, 2.05) is 30.9 Å². The van der Waals surface area contributed by atoms with Gasteiger partial charge in [-0.2, -0.15) is 0 Å². The van der Waals surface area contributed by atoms with Crippen LogP contribution in [0.15, 0.2) is 45.6 Å². The minimum Gasteiger partial charge on any atom is -0.488 e. The summed E-state index contributed by atoms with van der Waals surface area (Å²) >= 11 is 0. The van der Waals surface area contributed by atoms with Gasteiger partial charge in [-0.05, 0) is 74.9 Å². The normalized spacial score (nSPS) is 21.6. The average molecular weight is 508 g/mol. The van der Waals surface area contributed by atoms with E-state index in [1.54, 1.807) is 12.1 Å². The molecule has 2 unspecified atom stereocenters. The van der Waals surface area contributed by atoms with Crippen LogP contribution < -0.4 is 10.4 Å². The number of benzene rings is 2. The number of hydrogen-bond donors (Lipinski definition) is 1. The maximum atomic E-state index is 13.5. The van der Waals surface area contributed by atoms with E-state index in [1.165, 1.54) is 12.1 Å². The number of halogens is 1. The van der Waals surface area contributed by atoms with Gasteiger partial charge in [0.25, 0.3) is 0 Å². The Morgan fingerprint density at radius 2 is 2.03 bits per heavy atom. The molecule has 0 bridgehead atoms. The molecule has 7 heteroatoms. The molecule has 2 fully saturated rings. The van der Waals surface area contributed by atoms with Crippen molar-refractivity contribution >= 4 is 16.9 Å². The van der Waals surface area contributed by atoms with Crippen molar-refractivity contribution in [1.82, 2.24) is 4.90 Å². The van der Waals surface area contributed by atoms with E-state index in [-0.39, 0.29) is 30.7 Å². The van der Waals surface area contributed by atoms with Crippen LogP contribution in [0, 0.1) is 25.6 Å². The highest BCUT2D eigenvalue weighted by Crippen LogP contribution is 2.40. The highest BCUT2D eigenvalue weighted by molar-refractivity contribution is 5.86. The van der Waals surface area contributed by atoms with Crippen LogP contribution in [-0.2, 0) is 17.8 Å². The molecule has 3 aromatic rings. The Balaban J connectivity index is 1.29.